The quantitative estimate of drug-likeness (QED) is 0.382. The minimum atomic E-state index is -1.11. The Hall–Kier alpha value is -3.85. The van der Waals surface area contributed by atoms with Gasteiger partial charge >= 0.3 is 11.5 Å². The molecule has 9 nitrogen and oxygen atoms in total. The van der Waals surface area contributed by atoms with Crippen LogP contribution in [0.4, 0.5) is 5.82 Å². The molecule has 0 aliphatic rings. The number of aryl methyl sites for hydroxylation is 2. The summed E-state index contributed by atoms with van der Waals surface area (Å²) in [4.78, 5) is 40.3. The summed E-state index contributed by atoms with van der Waals surface area (Å²) in [6.45, 7) is 1.67. The summed E-state index contributed by atoms with van der Waals surface area (Å²) in [6, 6.07) is 14.6. The average molecular weight is 485 g/mol. The number of carbonyl (C=O) groups excluding carboxylic acids is 1. The highest BCUT2D eigenvalue weighted by atomic mass is 35.5. The number of anilines is 1. The van der Waals surface area contributed by atoms with Crippen molar-refractivity contribution in [3.05, 3.63) is 86.9 Å². The molecule has 1 heterocycles. The number of carbonyl (C=O) groups is 2. The molecule has 1 aromatic heterocycles. The lowest BCUT2D eigenvalue weighted by molar-refractivity contribution is -0.139. The van der Waals surface area contributed by atoms with E-state index >= 15 is 0 Å². The predicted molar refractivity (Wildman–Crippen MR) is 129 cm³/mol. The monoisotopic (exact) mass is 484 g/mol. The lowest BCUT2D eigenvalue weighted by Crippen LogP contribution is -2.36. The Balaban J connectivity index is 1.62. The Morgan fingerprint density at radius 3 is 2.65 bits per heavy atom. The largest absolute Gasteiger partial charge is 0.482 e. The zero-order valence-corrected chi connectivity index (χ0v) is 19.3. The molecule has 0 radical (unpaired) electrons. The van der Waals surface area contributed by atoms with Crippen LogP contribution in [0.15, 0.2) is 59.5 Å². The van der Waals surface area contributed by atoms with Crippen LogP contribution in [-0.2, 0) is 22.4 Å². The third-order valence-electron chi connectivity index (χ3n) is 4.92. The van der Waals surface area contributed by atoms with Crippen LogP contribution in [0.3, 0.4) is 0 Å². The predicted octanol–water partition coefficient (Wildman–Crippen LogP) is 3.03. The Morgan fingerprint density at radius 2 is 1.91 bits per heavy atom. The molecule has 3 N–H and O–H groups in total. The zero-order valence-electron chi connectivity index (χ0n) is 18.6. The van der Waals surface area contributed by atoms with Crippen molar-refractivity contribution >= 4 is 29.3 Å². The van der Waals surface area contributed by atoms with E-state index in [1.54, 1.807) is 25.1 Å². The first-order valence-electron chi connectivity index (χ1n) is 10.6. The van der Waals surface area contributed by atoms with E-state index in [0.29, 0.717) is 35.0 Å². The highest BCUT2D eigenvalue weighted by molar-refractivity contribution is 6.30. The number of halogens is 1. The number of nitrogens with one attached hydrogen (secondary N) is 2. The molecule has 34 heavy (non-hydrogen) atoms. The minimum absolute atomic E-state index is 0.0226. The van der Waals surface area contributed by atoms with Crippen molar-refractivity contribution < 1.29 is 19.4 Å². The van der Waals surface area contributed by atoms with E-state index in [0.717, 1.165) is 10.2 Å². The van der Waals surface area contributed by atoms with E-state index in [2.05, 4.69) is 15.7 Å². The Bertz CT molecular complexity index is 1210. The number of carboxylic acid groups (broad SMARTS) is 1. The maximum Gasteiger partial charge on any atom is 0.341 e. The zero-order chi connectivity index (χ0) is 24.5. The van der Waals surface area contributed by atoms with Gasteiger partial charge in [-0.25, -0.2) is 14.5 Å². The van der Waals surface area contributed by atoms with E-state index in [1.165, 1.54) is 6.20 Å². The van der Waals surface area contributed by atoms with Crippen molar-refractivity contribution in [2.75, 3.05) is 23.9 Å². The summed E-state index contributed by atoms with van der Waals surface area (Å²) in [5.41, 5.74) is 4.33. The van der Waals surface area contributed by atoms with Crippen LogP contribution in [0.1, 0.15) is 23.2 Å². The molecule has 1 amide bonds. The normalized spacial score (nSPS) is 10.5. The molecular weight excluding hydrogens is 460 g/mol. The number of nitrogens with zero attached hydrogens (tertiary/aromatic N) is 2. The molecule has 0 saturated carbocycles. The number of ether oxygens (including phenoxy) is 1. The van der Waals surface area contributed by atoms with Crippen molar-refractivity contribution in [1.29, 1.82) is 0 Å². The van der Waals surface area contributed by atoms with Crippen molar-refractivity contribution in [2.24, 2.45) is 0 Å². The lowest BCUT2D eigenvalue weighted by Gasteiger charge is -2.14. The molecule has 0 fully saturated rings. The molecule has 0 aliphatic heterocycles. The second-order valence-corrected chi connectivity index (χ2v) is 7.96. The van der Waals surface area contributed by atoms with Crippen LogP contribution in [-0.4, -0.2) is 39.8 Å². The van der Waals surface area contributed by atoms with Gasteiger partial charge in [-0.1, -0.05) is 41.9 Å². The number of hydrogen-bond acceptors (Lipinski definition) is 6. The summed E-state index contributed by atoms with van der Waals surface area (Å²) in [5.74, 6) is -1.04. The van der Waals surface area contributed by atoms with E-state index < -0.39 is 24.0 Å². The van der Waals surface area contributed by atoms with Gasteiger partial charge < -0.3 is 15.2 Å². The average Bonchev–Trinajstić information content (AvgIpc) is 2.82. The number of amides is 1. The summed E-state index contributed by atoms with van der Waals surface area (Å²) in [5, 5.41) is 12.3. The fraction of sp³-hybridized carbons (Fsp3) is 0.250. The first-order valence-corrected chi connectivity index (χ1v) is 11.0. The van der Waals surface area contributed by atoms with Gasteiger partial charge in [0.1, 0.15) is 5.75 Å². The molecule has 0 atom stereocenters. The molecule has 0 aliphatic carbocycles. The van der Waals surface area contributed by atoms with Crippen LogP contribution >= 0.6 is 11.6 Å². The van der Waals surface area contributed by atoms with Crippen molar-refractivity contribution in [3.8, 4) is 5.75 Å². The van der Waals surface area contributed by atoms with Crippen LogP contribution in [0.2, 0.25) is 5.02 Å². The van der Waals surface area contributed by atoms with E-state index in [4.69, 9.17) is 21.4 Å². The number of hydrogen-bond donors (Lipinski definition) is 3. The third kappa shape index (κ3) is 7.08. The van der Waals surface area contributed by atoms with Crippen molar-refractivity contribution in [2.45, 2.75) is 26.2 Å². The van der Waals surface area contributed by atoms with E-state index in [1.807, 2.05) is 30.3 Å². The number of rotatable bonds is 11. The van der Waals surface area contributed by atoms with Crippen molar-refractivity contribution in [1.82, 2.24) is 9.66 Å². The molecule has 0 saturated heterocycles. The summed E-state index contributed by atoms with van der Waals surface area (Å²) < 4.78 is 6.42. The third-order valence-corrected chi connectivity index (χ3v) is 5.15. The Labute approximate surface area is 201 Å². The van der Waals surface area contributed by atoms with Gasteiger partial charge in [0.25, 0.3) is 0 Å². The van der Waals surface area contributed by atoms with Gasteiger partial charge in [0.2, 0.25) is 5.91 Å². The highest BCUT2D eigenvalue weighted by Gasteiger charge is 2.13. The molecule has 0 unspecified atom stereocenters. The second-order valence-electron chi connectivity index (χ2n) is 7.52. The van der Waals surface area contributed by atoms with E-state index in [9.17, 15) is 14.4 Å². The lowest BCUT2D eigenvalue weighted by atomic mass is 10.1. The Kier molecular flexibility index (Phi) is 8.64. The SMILES string of the molecule is Cc1cnc(NCCc2ccccc2)c(=O)n1NC(=O)CCc1cc(Cl)ccc1OCC(=O)O. The van der Waals surface area contributed by atoms with Crippen LogP contribution < -0.4 is 21.0 Å². The summed E-state index contributed by atoms with van der Waals surface area (Å²) in [7, 11) is 0. The highest BCUT2D eigenvalue weighted by Crippen LogP contribution is 2.24. The molecule has 0 spiro atoms. The molecule has 3 rings (SSSR count). The topological polar surface area (TPSA) is 123 Å². The maximum atomic E-state index is 12.8. The fourth-order valence-corrected chi connectivity index (χ4v) is 3.41. The van der Waals surface area contributed by atoms with Gasteiger partial charge in [-0.3, -0.25) is 15.0 Å². The van der Waals surface area contributed by atoms with E-state index in [-0.39, 0.29) is 18.7 Å². The van der Waals surface area contributed by atoms with Crippen LogP contribution in [0.25, 0.3) is 0 Å². The van der Waals surface area contributed by atoms with Gasteiger partial charge in [0.15, 0.2) is 12.4 Å². The minimum Gasteiger partial charge on any atom is -0.482 e. The fourth-order valence-electron chi connectivity index (χ4n) is 3.22. The van der Waals surface area contributed by atoms with Gasteiger partial charge in [-0.2, -0.15) is 0 Å². The first kappa shape index (κ1) is 24.8. The molecule has 2 aromatic carbocycles. The molecule has 0 bridgehead atoms. The standard InChI is InChI=1S/C24H25ClN4O5/c1-16-14-27-23(26-12-11-17-5-3-2-4-6-17)24(33)29(16)28-21(30)10-7-18-13-19(25)8-9-20(18)34-15-22(31)32/h2-6,8-9,13-14H,7,10-12,15H2,1H3,(H,26,27)(H,28,30)(H,31,32). The Morgan fingerprint density at radius 1 is 1.15 bits per heavy atom. The summed E-state index contributed by atoms with van der Waals surface area (Å²) >= 11 is 6.03. The van der Waals surface area contributed by atoms with Crippen LogP contribution in [0.5, 0.6) is 5.75 Å². The number of benzene rings is 2. The van der Waals surface area contributed by atoms with Crippen molar-refractivity contribution in [3.63, 3.8) is 0 Å². The maximum absolute atomic E-state index is 12.8. The van der Waals surface area contributed by atoms with Gasteiger partial charge in [0, 0.05) is 18.0 Å². The number of aromatic nitrogens is 2. The first-order chi connectivity index (χ1) is 16.3. The molecule has 3 aromatic rings. The molecule has 178 valence electrons. The second kappa shape index (κ2) is 11.9. The van der Waals surface area contributed by atoms with Crippen LogP contribution in [0, 0.1) is 6.92 Å². The van der Waals surface area contributed by atoms with Gasteiger partial charge in [0.05, 0.1) is 11.9 Å². The smallest absolute Gasteiger partial charge is 0.341 e. The van der Waals surface area contributed by atoms with Gasteiger partial charge in [-0.15, -0.1) is 0 Å². The number of aliphatic carboxylic acids is 1. The molecular formula is C24H25ClN4O5. The van der Waals surface area contributed by atoms with Gasteiger partial charge in [-0.05, 0) is 49.1 Å². The molecule has 10 heteroatoms. The summed E-state index contributed by atoms with van der Waals surface area (Å²) in [6.07, 6.45) is 2.48. The number of carboxylic acids is 1.